The molecule has 1 spiro atoms. The molecule has 3 nitrogen and oxygen atoms in total. The molecule has 1 saturated carbocycles. The number of aliphatic carboxylic acids is 1. The number of carbonyl (C=O) groups is 1. The summed E-state index contributed by atoms with van der Waals surface area (Å²) in [6, 6.07) is -0.241. The minimum absolute atomic E-state index is 0.241. The Morgan fingerprint density at radius 1 is 1.50 bits per heavy atom. The number of likely N-dealkylation sites (tertiary alicyclic amines) is 1. The van der Waals surface area contributed by atoms with Gasteiger partial charge in [0, 0.05) is 6.54 Å². The van der Waals surface area contributed by atoms with Crippen molar-refractivity contribution in [3.05, 3.63) is 0 Å². The lowest BCUT2D eigenvalue weighted by Gasteiger charge is -2.38. The second kappa shape index (κ2) is 3.54. The Kier molecular flexibility index (Phi) is 2.52. The van der Waals surface area contributed by atoms with Crippen LogP contribution in [0.5, 0.6) is 0 Å². The van der Waals surface area contributed by atoms with Crippen molar-refractivity contribution in [3.63, 3.8) is 0 Å². The minimum atomic E-state index is -0.649. The highest BCUT2D eigenvalue weighted by atomic mass is 16.4. The quantitative estimate of drug-likeness (QED) is 0.749. The van der Waals surface area contributed by atoms with Crippen molar-refractivity contribution in [2.75, 3.05) is 13.1 Å². The number of carboxylic acids is 1. The van der Waals surface area contributed by atoms with Crippen LogP contribution < -0.4 is 0 Å². The Balaban J connectivity index is 1.96. The van der Waals surface area contributed by atoms with Crippen LogP contribution in [0.25, 0.3) is 0 Å². The van der Waals surface area contributed by atoms with Gasteiger partial charge in [-0.15, -0.1) is 0 Å². The molecule has 1 aliphatic carbocycles. The third-order valence-corrected chi connectivity index (χ3v) is 3.99. The number of hydrogen-bond acceptors (Lipinski definition) is 2. The Bertz CT molecular complexity index is 235. The second-order valence-electron chi connectivity index (χ2n) is 4.84. The fourth-order valence-electron chi connectivity index (χ4n) is 2.91. The molecule has 80 valence electrons. The first kappa shape index (κ1) is 9.97. The Labute approximate surface area is 85.1 Å². The van der Waals surface area contributed by atoms with Crippen LogP contribution >= 0.6 is 0 Å². The van der Waals surface area contributed by atoms with E-state index in [1.807, 2.05) is 6.92 Å². The van der Waals surface area contributed by atoms with E-state index in [4.69, 9.17) is 5.11 Å². The lowest BCUT2D eigenvalue weighted by molar-refractivity contribution is -0.143. The highest BCUT2D eigenvalue weighted by molar-refractivity contribution is 5.73. The smallest absolute Gasteiger partial charge is 0.320 e. The van der Waals surface area contributed by atoms with Crippen molar-refractivity contribution >= 4 is 5.97 Å². The van der Waals surface area contributed by atoms with Crippen LogP contribution in [-0.4, -0.2) is 35.1 Å². The van der Waals surface area contributed by atoms with E-state index < -0.39 is 5.97 Å². The predicted octanol–water partition coefficient (Wildman–Crippen LogP) is 1.73. The fourth-order valence-corrected chi connectivity index (χ4v) is 2.91. The van der Waals surface area contributed by atoms with E-state index in [1.54, 1.807) is 0 Å². The van der Waals surface area contributed by atoms with E-state index in [0.717, 1.165) is 19.5 Å². The van der Waals surface area contributed by atoms with Gasteiger partial charge in [0.1, 0.15) is 6.04 Å². The van der Waals surface area contributed by atoms with Gasteiger partial charge in [0.15, 0.2) is 0 Å². The molecular weight excluding hydrogens is 178 g/mol. The fraction of sp³-hybridized carbons (Fsp3) is 0.909. The molecule has 0 bridgehead atoms. The van der Waals surface area contributed by atoms with Crippen LogP contribution in [0.2, 0.25) is 0 Å². The van der Waals surface area contributed by atoms with E-state index in [2.05, 4.69) is 4.90 Å². The summed E-state index contributed by atoms with van der Waals surface area (Å²) < 4.78 is 0. The molecule has 14 heavy (non-hydrogen) atoms. The van der Waals surface area contributed by atoms with E-state index in [9.17, 15) is 4.79 Å². The summed E-state index contributed by atoms with van der Waals surface area (Å²) in [5.74, 6) is -0.649. The molecule has 0 aromatic heterocycles. The summed E-state index contributed by atoms with van der Waals surface area (Å²) in [6.07, 6.45) is 5.93. The van der Waals surface area contributed by atoms with Crippen LogP contribution in [0, 0.1) is 5.41 Å². The first-order chi connectivity index (χ1) is 6.67. The lowest BCUT2D eigenvalue weighted by Crippen LogP contribution is -2.42. The molecule has 2 fully saturated rings. The molecular formula is C11H19NO2. The predicted molar refractivity (Wildman–Crippen MR) is 54.2 cm³/mol. The SMILES string of the molecule is CCC(C(=O)O)N1CCC2(CCC2)C1. The molecule has 1 saturated heterocycles. The van der Waals surface area contributed by atoms with Crippen LogP contribution in [0.15, 0.2) is 0 Å². The maximum Gasteiger partial charge on any atom is 0.320 e. The zero-order valence-electron chi connectivity index (χ0n) is 8.83. The van der Waals surface area contributed by atoms with Crippen molar-refractivity contribution in [3.8, 4) is 0 Å². The molecule has 2 aliphatic rings. The van der Waals surface area contributed by atoms with Gasteiger partial charge in [-0.2, -0.15) is 0 Å². The Morgan fingerprint density at radius 2 is 2.21 bits per heavy atom. The molecule has 1 atom stereocenters. The Morgan fingerprint density at radius 3 is 2.57 bits per heavy atom. The van der Waals surface area contributed by atoms with E-state index in [0.29, 0.717) is 5.41 Å². The van der Waals surface area contributed by atoms with Crippen molar-refractivity contribution in [2.45, 2.75) is 45.1 Å². The van der Waals surface area contributed by atoms with Gasteiger partial charge in [-0.25, -0.2) is 0 Å². The molecule has 2 rings (SSSR count). The number of nitrogens with zero attached hydrogens (tertiary/aromatic N) is 1. The van der Waals surface area contributed by atoms with Crippen molar-refractivity contribution in [2.24, 2.45) is 5.41 Å². The van der Waals surface area contributed by atoms with Gasteiger partial charge in [-0.1, -0.05) is 13.3 Å². The summed E-state index contributed by atoms with van der Waals surface area (Å²) in [4.78, 5) is 13.2. The van der Waals surface area contributed by atoms with Gasteiger partial charge < -0.3 is 5.11 Å². The molecule has 1 N–H and O–H groups in total. The summed E-state index contributed by atoms with van der Waals surface area (Å²) >= 11 is 0. The normalized spacial score (nSPS) is 27.5. The van der Waals surface area contributed by atoms with Crippen molar-refractivity contribution in [1.82, 2.24) is 4.90 Å². The molecule has 0 aromatic carbocycles. The summed E-state index contributed by atoms with van der Waals surface area (Å²) in [6.45, 7) is 3.98. The maximum atomic E-state index is 11.0. The molecule has 0 amide bonds. The second-order valence-corrected chi connectivity index (χ2v) is 4.84. The van der Waals surface area contributed by atoms with Gasteiger partial charge in [-0.3, -0.25) is 9.69 Å². The Hall–Kier alpha value is -0.570. The van der Waals surface area contributed by atoms with E-state index in [-0.39, 0.29) is 6.04 Å². The summed E-state index contributed by atoms with van der Waals surface area (Å²) in [5, 5.41) is 9.05. The largest absolute Gasteiger partial charge is 0.480 e. The third kappa shape index (κ3) is 1.54. The van der Waals surface area contributed by atoms with Gasteiger partial charge in [0.05, 0.1) is 0 Å². The average molecular weight is 197 g/mol. The molecule has 1 aliphatic heterocycles. The molecule has 0 radical (unpaired) electrons. The van der Waals surface area contributed by atoms with Crippen LogP contribution in [0.4, 0.5) is 0 Å². The standard InChI is InChI=1S/C11H19NO2/c1-2-9(10(13)14)12-7-6-11(8-12)4-3-5-11/h9H,2-8H2,1H3,(H,13,14). The number of rotatable bonds is 3. The zero-order valence-corrected chi connectivity index (χ0v) is 8.83. The van der Waals surface area contributed by atoms with E-state index in [1.165, 1.54) is 25.7 Å². The van der Waals surface area contributed by atoms with Crippen LogP contribution in [0.3, 0.4) is 0 Å². The van der Waals surface area contributed by atoms with Crippen LogP contribution in [-0.2, 0) is 4.79 Å². The lowest BCUT2D eigenvalue weighted by atomic mass is 9.68. The maximum absolute atomic E-state index is 11.0. The van der Waals surface area contributed by atoms with E-state index >= 15 is 0 Å². The topological polar surface area (TPSA) is 40.5 Å². The van der Waals surface area contributed by atoms with Gasteiger partial charge >= 0.3 is 5.97 Å². The number of hydrogen-bond donors (Lipinski definition) is 1. The van der Waals surface area contributed by atoms with Crippen LogP contribution in [0.1, 0.15) is 39.0 Å². The van der Waals surface area contributed by atoms with Gasteiger partial charge in [-0.05, 0) is 37.6 Å². The van der Waals surface area contributed by atoms with Gasteiger partial charge in [0.2, 0.25) is 0 Å². The monoisotopic (exact) mass is 197 g/mol. The number of carboxylic acid groups (broad SMARTS) is 1. The summed E-state index contributed by atoms with van der Waals surface area (Å²) in [5.41, 5.74) is 0.517. The highest BCUT2D eigenvalue weighted by Crippen LogP contribution is 2.48. The zero-order chi connectivity index (χ0) is 10.2. The summed E-state index contributed by atoms with van der Waals surface area (Å²) in [7, 11) is 0. The molecule has 3 heteroatoms. The minimum Gasteiger partial charge on any atom is -0.480 e. The molecule has 1 unspecified atom stereocenters. The van der Waals surface area contributed by atoms with Crippen molar-refractivity contribution in [1.29, 1.82) is 0 Å². The molecule has 0 aromatic rings. The molecule has 1 heterocycles. The first-order valence-electron chi connectivity index (χ1n) is 5.64. The first-order valence-corrected chi connectivity index (χ1v) is 5.64. The highest BCUT2D eigenvalue weighted by Gasteiger charge is 2.45. The van der Waals surface area contributed by atoms with Crippen molar-refractivity contribution < 1.29 is 9.90 Å². The third-order valence-electron chi connectivity index (χ3n) is 3.99. The van der Waals surface area contributed by atoms with Gasteiger partial charge in [0.25, 0.3) is 0 Å². The average Bonchev–Trinajstić information content (AvgIpc) is 2.49.